The fourth-order valence-electron chi connectivity index (χ4n) is 3.51. The lowest BCUT2D eigenvalue weighted by Gasteiger charge is -2.44. The van der Waals surface area contributed by atoms with Gasteiger partial charge < -0.3 is 0 Å². The second-order valence-corrected chi connectivity index (χ2v) is 4.54. The number of carbonyl (C=O) groups is 1. The quantitative estimate of drug-likeness (QED) is 0.533. The van der Waals surface area contributed by atoms with E-state index in [9.17, 15) is 4.79 Å². The number of hydrogen-bond acceptors (Lipinski definition) is 1. The monoisotopic (exact) mass is 162 g/mol. The number of hydrogen-bond donors (Lipinski definition) is 0. The maximum absolute atomic E-state index is 11.5. The highest BCUT2D eigenvalue weighted by Gasteiger charge is 2.47. The third-order valence-corrected chi connectivity index (χ3v) is 4.09. The van der Waals surface area contributed by atoms with E-state index in [2.05, 4.69) is 6.08 Å². The standard InChI is InChI=1S/C11H14O/c12-10-6-5-9-7-1-3-8(4-2-7)11(9)10/h5-9,11H,1-4H2/t7?,8?,9-,11+/m1/s1. The highest BCUT2D eigenvalue weighted by Crippen LogP contribution is 2.51. The third kappa shape index (κ3) is 0.720. The SMILES string of the molecule is O=C1C=C[C@@H]2C3CCC(CC3)[C@H]12. The van der Waals surface area contributed by atoms with Crippen LogP contribution in [0, 0.1) is 23.7 Å². The van der Waals surface area contributed by atoms with E-state index in [0.29, 0.717) is 17.6 Å². The first-order valence-corrected chi connectivity index (χ1v) is 5.08. The lowest BCUT2D eigenvalue weighted by molar-refractivity contribution is -0.123. The molecule has 0 radical (unpaired) electrons. The number of rotatable bonds is 0. The minimum absolute atomic E-state index is 0.414. The van der Waals surface area contributed by atoms with E-state index >= 15 is 0 Å². The van der Waals surface area contributed by atoms with Crippen molar-refractivity contribution in [3.63, 3.8) is 0 Å². The Hall–Kier alpha value is -0.590. The zero-order chi connectivity index (χ0) is 8.13. The molecule has 12 heavy (non-hydrogen) atoms. The summed E-state index contributed by atoms with van der Waals surface area (Å²) >= 11 is 0. The minimum Gasteiger partial charge on any atom is -0.295 e. The van der Waals surface area contributed by atoms with Crippen molar-refractivity contribution in [2.24, 2.45) is 23.7 Å². The zero-order valence-corrected chi connectivity index (χ0v) is 7.20. The van der Waals surface area contributed by atoms with Gasteiger partial charge in [-0.15, -0.1) is 0 Å². The highest BCUT2D eigenvalue weighted by molar-refractivity contribution is 5.95. The van der Waals surface area contributed by atoms with Crippen LogP contribution in [-0.4, -0.2) is 5.78 Å². The predicted molar refractivity (Wildman–Crippen MR) is 46.6 cm³/mol. The van der Waals surface area contributed by atoms with Crippen LogP contribution in [0.15, 0.2) is 12.2 Å². The first-order valence-electron chi connectivity index (χ1n) is 5.08. The fourth-order valence-corrected chi connectivity index (χ4v) is 3.51. The van der Waals surface area contributed by atoms with Crippen molar-refractivity contribution in [1.29, 1.82) is 0 Å². The summed E-state index contributed by atoms with van der Waals surface area (Å²) in [6, 6.07) is 0. The van der Waals surface area contributed by atoms with Gasteiger partial charge in [-0.25, -0.2) is 0 Å². The van der Waals surface area contributed by atoms with Gasteiger partial charge in [-0.3, -0.25) is 4.79 Å². The second-order valence-electron chi connectivity index (χ2n) is 4.54. The minimum atomic E-state index is 0.414. The van der Waals surface area contributed by atoms with E-state index in [1.54, 1.807) is 0 Å². The molecule has 3 fully saturated rings. The maximum atomic E-state index is 11.5. The highest BCUT2D eigenvalue weighted by atomic mass is 16.1. The van der Waals surface area contributed by atoms with Gasteiger partial charge in [0.25, 0.3) is 0 Å². The van der Waals surface area contributed by atoms with Gasteiger partial charge in [0.05, 0.1) is 0 Å². The molecule has 3 saturated carbocycles. The van der Waals surface area contributed by atoms with Crippen LogP contribution in [0.3, 0.4) is 0 Å². The molecule has 0 aromatic carbocycles. The van der Waals surface area contributed by atoms with E-state index in [-0.39, 0.29) is 0 Å². The summed E-state index contributed by atoms with van der Waals surface area (Å²) in [5.41, 5.74) is 0. The summed E-state index contributed by atoms with van der Waals surface area (Å²) in [5.74, 6) is 3.07. The lowest BCUT2D eigenvalue weighted by atomic mass is 9.59. The molecule has 1 heteroatoms. The number of ketones is 1. The average Bonchev–Trinajstić information content (AvgIpc) is 2.53. The Balaban J connectivity index is 1.98. The molecule has 4 aliphatic rings. The maximum Gasteiger partial charge on any atom is 0.159 e. The molecule has 64 valence electrons. The van der Waals surface area contributed by atoms with E-state index < -0.39 is 0 Å². The summed E-state index contributed by atoms with van der Waals surface area (Å²) in [5, 5.41) is 0. The largest absolute Gasteiger partial charge is 0.295 e. The van der Waals surface area contributed by atoms with Crippen molar-refractivity contribution < 1.29 is 4.79 Å². The van der Waals surface area contributed by atoms with Crippen LogP contribution < -0.4 is 0 Å². The van der Waals surface area contributed by atoms with Crippen LogP contribution in [0.2, 0.25) is 0 Å². The smallest absolute Gasteiger partial charge is 0.159 e. The van der Waals surface area contributed by atoms with Crippen LogP contribution >= 0.6 is 0 Å². The van der Waals surface area contributed by atoms with Crippen molar-refractivity contribution in [3.8, 4) is 0 Å². The van der Waals surface area contributed by atoms with Crippen LogP contribution in [-0.2, 0) is 4.79 Å². The van der Waals surface area contributed by atoms with Crippen LogP contribution in [0.5, 0.6) is 0 Å². The van der Waals surface area contributed by atoms with Crippen molar-refractivity contribution in [3.05, 3.63) is 12.2 Å². The van der Waals surface area contributed by atoms with Gasteiger partial charge in [0.15, 0.2) is 5.78 Å². The van der Waals surface area contributed by atoms with Gasteiger partial charge in [0.2, 0.25) is 0 Å². The Labute approximate surface area is 72.8 Å². The topological polar surface area (TPSA) is 17.1 Å². The molecule has 4 rings (SSSR count). The number of allylic oxidation sites excluding steroid dienone is 2. The molecule has 4 aliphatic carbocycles. The summed E-state index contributed by atoms with van der Waals surface area (Å²) in [6.45, 7) is 0. The molecule has 0 aliphatic heterocycles. The molecule has 0 saturated heterocycles. The molecule has 0 aromatic rings. The van der Waals surface area contributed by atoms with Gasteiger partial charge in [-0.1, -0.05) is 6.08 Å². The molecule has 0 amide bonds. The number of carbonyl (C=O) groups excluding carboxylic acids is 1. The molecule has 1 nitrogen and oxygen atoms in total. The number of fused-ring (bicyclic) bond motifs is 2. The Kier molecular flexibility index (Phi) is 1.27. The van der Waals surface area contributed by atoms with Crippen LogP contribution in [0.4, 0.5) is 0 Å². The molecular formula is C11H14O. The van der Waals surface area contributed by atoms with Gasteiger partial charge in [0.1, 0.15) is 0 Å². The van der Waals surface area contributed by atoms with Gasteiger partial charge in [-0.2, -0.15) is 0 Å². The molecule has 2 bridgehead atoms. The van der Waals surface area contributed by atoms with Crippen molar-refractivity contribution in [2.75, 3.05) is 0 Å². The van der Waals surface area contributed by atoms with Gasteiger partial charge in [-0.05, 0) is 49.5 Å². The van der Waals surface area contributed by atoms with Crippen molar-refractivity contribution in [1.82, 2.24) is 0 Å². The first-order chi connectivity index (χ1) is 5.86. The summed E-state index contributed by atoms with van der Waals surface area (Å²) in [7, 11) is 0. The Morgan fingerprint density at radius 3 is 2.42 bits per heavy atom. The van der Waals surface area contributed by atoms with Gasteiger partial charge in [0, 0.05) is 5.92 Å². The van der Waals surface area contributed by atoms with Gasteiger partial charge >= 0.3 is 0 Å². The molecule has 0 heterocycles. The van der Waals surface area contributed by atoms with E-state index in [4.69, 9.17) is 0 Å². The third-order valence-electron chi connectivity index (χ3n) is 4.09. The first kappa shape index (κ1) is 6.88. The summed E-state index contributed by atoms with van der Waals surface area (Å²) in [4.78, 5) is 11.5. The molecule has 0 spiro atoms. The average molecular weight is 162 g/mol. The fraction of sp³-hybridized carbons (Fsp3) is 0.727. The Bertz CT molecular complexity index is 246. The molecule has 0 unspecified atom stereocenters. The molecule has 2 atom stereocenters. The summed E-state index contributed by atoms with van der Waals surface area (Å²) < 4.78 is 0. The van der Waals surface area contributed by atoms with Crippen molar-refractivity contribution >= 4 is 5.78 Å². The lowest BCUT2D eigenvalue weighted by Crippen LogP contribution is -2.39. The van der Waals surface area contributed by atoms with E-state index in [0.717, 1.165) is 11.8 Å². The molecule has 0 N–H and O–H groups in total. The predicted octanol–water partition coefficient (Wildman–Crippen LogP) is 2.18. The molecule has 0 aromatic heterocycles. The Morgan fingerprint density at radius 2 is 1.75 bits per heavy atom. The van der Waals surface area contributed by atoms with Crippen LogP contribution in [0.1, 0.15) is 25.7 Å². The van der Waals surface area contributed by atoms with Crippen LogP contribution in [0.25, 0.3) is 0 Å². The normalized spacial score (nSPS) is 49.8. The van der Waals surface area contributed by atoms with E-state index in [1.807, 2.05) is 6.08 Å². The molecular weight excluding hydrogens is 148 g/mol. The second kappa shape index (κ2) is 2.21. The van der Waals surface area contributed by atoms with Crippen molar-refractivity contribution in [2.45, 2.75) is 25.7 Å². The zero-order valence-electron chi connectivity index (χ0n) is 7.20. The van der Waals surface area contributed by atoms with E-state index in [1.165, 1.54) is 25.7 Å². The Morgan fingerprint density at radius 1 is 1.08 bits per heavy atom. The summed E-state index contributed by atoms with van der Waals surface area (Å²) in [6.07, 6.45) is 9.42.